The molecule has 0 spiro atoms. The van der Waals surface area contributed by atoms with Gasteiger partial charge >= 0.3 is 35.8 Å². The van der Waals surface area contributed by atoms with E-state index in [4.69, 9.17) is 51.7 Å². The molecule has 6 aromatic rings. The second-order valence-corrected chi connectivity index (χ2v) is 36.9. The van der Waals surface area contributed by atoms with Crippen molar-refractivity contribution in [3.8, 4) is 11.5 Å². The molecule has 6 unspecified atom stereocenters. The van der Waals surface area contributed by atoms with E-state index >= 15 is 0 Å². The summed E-state index contributed by atoms with van der Waals surface area (Å²) in [6.07, 6.45) is 4.31. The maximum Gasteiger partial charge on any atom is 0.306 e. The van der Waals surface area contributed by atoms with Gasteiger partial charge in [0.1, 0.15) is 50.8 Å². The molecule has 116 heavy (non-hydrogen) atoms. The Bertz CT molecular complexity index is 3260. The van der Waals surface area contributed by atoms with E-state index in [1.165, 1.54) is 44.5 Å². The van der Waals surface area contributed by atoms with E-state index < -0.39 is 35.8 Å². The van der Waals surface area contributed by atoms with Crippen molar-refractivity contribution < 1.29 is 95.8 Å². The van der Waals surface area contributed by atoms with E-state index in [0.717, 1.165) is 126 Å². The van der Waals surface area contributed by atoms with E-state index in [-0.39, 0.29) is 35.5 Å². The minimum atomic E-state index is -0.706. The number of methoxy groups -OCH3 is 2. The zero-order valence-corrected chi connectivity index (χ0v) is 80.5. The second kappa shape index (κ2) is 63.4. The van der Waals surface area contributed by atoms with Crippen LogP contribution in [0.2, 0.25) is 5.02 Å². The first-order valence-corrected chi connectivity index (χ1v) is 41.2. The zero-order chi connectivity index (χ0) is 91.7. The van der Waals surface area contributed by atoms with Gasteiger partial charge in [0.25, 0.3) is 0 Å². The summed E-state index contributed by atoms with van der Waals surface area (Å²) in [5.74, 6) is -3.46. The number of aryl methyl sites for hydroxylation is 2. The van der Waals surface area contributed by atoms with Crippen molar-refractivity contribution >= 4 is 63.3 Å². The van der Waals surface area contributed by atoms with E-state index in [9.17, 15) is 28.8 Å². The number of aliphatic carboxylic acids is 6. The second-order valence-electron chi connectivity index (χ2n) is 35.5. The fourth-order valence-electron chi connectivity index (χ4n) is 8.45. The lowest BCUT2D eigenvalue weighted by Crippen LogP contribution is -2.33. The van der Waals surface area contributed by atoms with Crippen molar-refractivity contribution in [1.29, 1.82) is 0 Å². The number of hydrogen-bond donors (Lipinski definition) is 6. The van der Waals surface area contributed by atoms with Crippen molar-refractivity contribution in [3.63, 3.8) is 0 Å². The zero-order valence-electron chi connectivity index (χ0n) is 78.2. The van der Waals surface area contributed by atoms with Crippen LogP contribution in [0.4, 0.5) is 0 Å². The summed E-state index contributed by atoms with van der Waals surface area (Å²) in [4.78, 5) is 59.6. The lowest BCUT2D eigenvalue weighted by atomic mass is 10.1. The predicted octanol–water partition coefficient (Wildman–Crippen LogP) is 20.1. The maximum atomic E-state index is 9.93. The molecule has 6 aromatic carbocycles. The molecule has 0 radical (unpaired) electrons. The molecular weight excluding hydrogens is 1550 g/mol. The fraction of sp³-hybridized carbons (Fsp3) is 0.553. The lowest BCUT2D eigenvalue weighted by Gasteiger charge is -2.23. The molecule has 0 saturated heterocycles. The monoisotopic (exact) mass is 1710 g/mol. The summed E-state index contributed by atoms with van der Waals surface area (Å²) >= 11 is 9.29. The highest BCUT2D eigenvalue weighted by Gasteiger charge is 2.15. The number of benzene rings is 6. The maximum absolute atomic E-state index is 9.93. The van der Waals surface area contributed by atoms with Crippen molar-refractivity contribution in [2.45, 2.75) is 175 Å². The van der Waals surface area contributed by atoms with Gasteiger partial charge in [-0.3, -0.25) is 28.8 Å². The largest absolute Gasteiger partial charge is 0.497 e. The van der Waals surface area contributed by atoms with Gasteiger partial charge in [-0.05, 0) is 113 Å². The third-order valence-corrected chi connectivity index (χ3v) is 17.2. The van der Waals surface area contributed by atoms with Gasteiger partial charge in [0, 0.05) is 42.9 Å². The van der Waals surface area contributed by atoms with E-state index in [1.807, 2.05) is 84.0 Å². The van der Waals surface area contributed by atoms with Gasteiger partial charge in [-0.1, -0.05) is 207 Å². The number of ether oxygens (including phenoxy) is 2. The number of hydrogen-bond acceptors (Lipinski definition) is 8. The van der Waals surface area contributed by atoms with Crippen LogP contribution in [0.1, 0.15) is 166 Å². The van der Waals surface area contributed by atoms with Gasteiger partial charge in [0.05, 0.1) is 177 Å². The molecule has 0 bridgehead atoms. The summed E-state index contributed by atoms with van der Waals surface area (Å²) in [5.41, 5.74) is 10.8. The molecule has 0 aliphatic carbocycles. The Balaban J connectivity index is -0.000000287. The first-order chi connectivity index (χ1) is 53.0. The third-order valence-electron chi connectivity index (χ3n) is 16.5. The van der Waals surface area contributed by atoms with Crippen LogP contribution in [0.5, 0.6) is 11.5 Å². The molecule has 0 saturated carbocycles. The Morgan fingerprint density at radius 1 is 0.302 bits per heavy atom. The Kier molecular flexibility index (Phi) is 65.1. The average Bonchev–Trinajstić information content (AvgIpc) is 0.856. The summed E-state index contributed by atoms with van der Waals surface area (Å²) < 4.78 is 17.2. The Morgan fingerprint density at radius 3 is 0.690 bits per heavy atom. The number of carboxylic acids is 6. The Morgan fingerprint density at radius 2 is 0.500 bits per heavy atom. The molecular formula is C94H162BrClN6O14+6. The van der Waals surface area contributed by atoms with Crippen LogP contribution in [0.15, 0.2) is 150 Å². The summed E-state index contributed by atoms with van der Waals surface area (Å²) in [6.45, 7) is 31.9. The third kappa shape index (κ3) is 78.8. The lowest BCUT2D eigenvalue weighted by molar-refractivity contribution is -0.884. The van der Waals surface area contributed by atoms with Crippen LogP contribution in [-0.2, 0) is 68.0 Å². The summed E-state index contributed by atoms with van der Waals surface area (Å²) in [6, 6.07) is 50.5. The average molecular weight is 1720 g/mol. The molecule has 6 N–H and O–H groups in total. The number of quaternary nitrogens is 6. The highest BCUT2D eigenvalue weighted by Crippen LogP contribution is 2.19. The molecule has 20 nitrogen and oxygen atoms in total. The van der Waals surface area contributed by atoms with Gasteiger partial charge in [-0.2, -0.15) is 0 Å². The first kappa shape index (κ1) is 119. The molecule has 0 amide bonds. The Hall–Kier alpha value is -7.73. The standard InChI is InChI=1S/2C11H18NO.2C11H18N.C10H15BrN.C10H15ClN.6C5H10O2/c1-12(2,3)9-10-5-7-11(13-4)8-6-10;1-12(2,3)9-10-6-5-7-11(8-10)13-4;2*1-10-5-7-11(8-6-10)9-12(2,3)4;1-12(2,3)8-9-4-6-10(11)7-5-9;1-12(2,3)8-9-5-4-6-10(11)7-9;6*1-3-4(2)5(6)7/h2*5-8H,9H2,1-4H3;2*5-8H,9H2,1-4H3;2*4-7H,8H2,1-3H3;6*4H,3H2,1-2H3,(H,6,7)/q6*+1;;;;;;. The first-order valence-electron chi connectivity index (χ1n) is 40.1. The van der Waals surface area contributed by atoms with Gasteiger partial charge in [-0.25, -0.2) is 0 Å². The molecule has 22 heteroatoms. The topological polar surface area (TPSA) is 242 Å². The van der Waals surface area contributed by atoms with Crippen LogP contribution in [0.25, 0.3) is 0 Å². The van der Waals surface area contributed by atoms with Gasteiger partial charge < -0.3 is 67.0 Å². The molecule has 6 rings (SSSR count). The van der Waals surface area contributed by atoms with Gasteiger partial charge in [0.15, 0.2) is 0 Å². The smallest absolute Gasteiger partial charge is 0.306 e. The van der Waals surface area contributed by atoms with Crippen LogP contribution < -0.4 is 9.47 Å². The van der Waals surface area contributed by atoms with Crippen LogP contribution >= 0.6 is 27.5 Å². The van der Waals surface area contributed by atoms with Crippen molar-refractivity contribution in [2.24, 2.45) is 35.5 Å². The highest BCUT2D eigenvalue weighted by molar-refractivity contribution is 9.10. The molecule has 0 fully saturated rings. The molecule has 0 aromatic heterocycles. The van der Waals surface area contributed by atoms with Gasteiger partial charge in [0.2, 0.25) is 0 Å². The highest BCUT2D eigenvalue weighted by atomic mass is 79.9. The number of nitrogens with zero attached hydrogens (tertiary/aromatic N) is 6. The van der Waals surface area contributed by atoms with Crippen molar-refractivity contribution in [2.75, 3.05) is 141 Å². The molecule has 660 valence electrons. The van der Waals surface area contributed by atoms with Crippen LogP contribution in [-0.4, -0.2) is 234 Å². The normalized spacial score (nSPS) is 12.2. The predicted molar refractivity (Wildman–Crippen MR) is 487 cm³/mol. The molecule has 0 aliphatic heterocycles. The number of carboxylic acid groups (broad SMARTS) is 6. The molecule has 0 aliphatic rings. The molecule has 0 heterocycles. The van der Waals surface area contributed by atoms with Crippen LogP contribution in [0, 0.1) is 49.4 Å². The van der Waals surface area contributed by atoms with Crippen LogP contribution in [0.3, 0.4) is 0 Å². The number of carbonyl (C=O) groups is 6. The van der Waals surface area contributed by atoms with E-state index in [2.05, 4.69) is 260 Å². The minimum Gasteiger partial charge on any atom is -0.497 e. The molecule has 6 atom stereocenters. The van der Waals surface area contributed by atoms with Crippen molar-refractivity contribution in [3.05, 3.63) is 200 Å². The number of halogens is 2. The summed E-state index contributed by atoms with van der Waals surface area (Å²) in [7, 11) is 42.8. The SMILES string of the molecule is CCC(C)C(=O)O.CCC(C)C(=O)O.CCC(C)C(=O)O.CCC(C)C(=O)O.CCC(C)C(=O)O.CCC(C)C(=O)O.COc1ccc(C[N+](C)(C)C)cc1.COc1cccc(C[N+](C)(C)C)c1.C[N+](C)(C)Cc1ccc(Br)cc1.C[N+](C)(C)Cc1cccc(Cl)c1.Cc1ccc(C[N+](C)(C)C)cc1.Cc1ccc(C[N+](C)(C)C)cc1. The van der Waals surface area contributed by atoms with E-state index in [0.29, 0.717) is 0 Å². The quantitative estimate of drug-likeness (QED) is 0.0277. The number of rotatable bonds is 26. The summed E-state index contributed by atoms with van der Waals surface area (Å²) in [5, 5.41) is 49.9. The minimum absolute atomic E-state index is 0.181. The van der Waals surface area contributed by atoms with Crippen molar-refractivity contribution in [1.82, 2.24) is 0 Å². The van der Waals surface area contributed by atoms with E-state index in [1.54, 1.807) is 55.8 Å². The Labute approximate surface area is 717 Å². The van der Waals surface area contributed by atoms with Gasteiger partial charge in [-0.15, -0.1) is 0 Å². The fourth-order valence-corrected chi connectivity index (χ4v) is 8.93.